The van der Waals surface area contributed by atoms with Crippen molar-refractivity contribution in [3.05, 3.63) is 22.6 Å². The first kappa shape index (κ1) is 14.3. The van der Waals surface area contributed by atoms with Crippen LogP contribution in [0.25, 0.3) is 11.2 Å². The van der Waals surface area contributed by atoms with Crippen LogP contribution in [0.3, 0.4) is 0 Å². The van der Waals surface area contributed by atoms with E-state index >= 15 is 0 Å². The maximum atomic E-state index is 5.93. The molecule has 0 aromatic carbocycles. The second-order valence-electron chi connectivity index (χ2n) is 5.11. The summed E-state index contributed by atoms with van der Waals surface area (Å²) >= 11 is 9.38. The molecule has 0 saturated heterocycles. The molecule has 0 aliphatic heterocycles. The van der Waals surface area contributed by atoms with Gasteiger partial charge in [-0.2, -0.15) is 0 Å². The van der Waals surface area contributed by atoms with Gasteiger partial charge in [-0.1, -0.05) is 0 Å². The van der Waals surface area contributed by atoms with Crippen molar-refractivity contribution >= 4 is 38.7 Å². The number of imidazole rings is 1. The third kappa shape index (κ3) is 2.47. The van der Waals surface area contributed by atoms with Gasteiger partial charge in [-0.3, -0.25) is 0 Å². The molecule has 2 aromatic heterocycles. The van der Waals surface area contributed by atoms with Crippen molar-refractivity contribution in [2.24, 2.45) is 0 Å². The van der Waals surface area contributed by atoms with Crippen LogP contribution >= 0.6 is 27.5 Å². The molecule has 6 heteroatoms. The monoisotopic (exact) mass is 357 g/mol. The minimum Gasteiger partial charge on any atom is -0.379 e. The summed E-state index contributed by atoms with van der Waals surface area (Å²) in [6, 6.07) is 2.32. The zero-order chi connectivity index (χ0) is 14.1. The Balaban J connectivity index is 2.13. The van der Waals surface area contributed by atoms with Gasteiger partial charge in [-0.25, -0.2) is 9.97 Å². The number of aryl methyl sites for hydroxylation is 1. The third-order valence-corrected chi connectivity index (χ3v) is 4.56. The second kappa shape index (κ2) is 6.00. The number of methoxy groups -OCH3 is 1. The Kier molecular flexibility index (Phi) is 4.29. The van der Waals surface area contributed by atoms with E-state index in [0.717, 1.165) is 40.7 Å². The van der Waals surface area contributed by atoms with Crippen LogP contribution in [-0.4, -0.2) is 33.6 Å². The molecule has 1 aliphatic carbocycles. The van der Waals surface area contributed by atoms with Crippen molar-refractivity contribution < 1.29 is 4.74 Å². The Morgan fingerprint density at radius 2 is 2.35 bits per heavy atom. The number of hydrogen-bond acceptors (Lipinski definition) is 3. The van der Waals surface area contributed by atoms with E-state index in [4.69, 9.17) is 21.3 Å². The Hall–Kier alpha value is -0.650. The fourth-order valence-corrected chi connectivity index (χ4v) is 3.58. The van der Waals surface area contributed by atoms with E-state index in [0.29, 0.717) is 11.9 Å². The maximum Gasteiger partial charge on any atom is 0.160 e. The number of aromatic nitrogens is 3. The molecule has 2 heterocycles. The highest BCUT2D eigenvalue weighted by molar-refractivity contribution is 9.10. The summed E-state index contributed by atoms with van der Waals surface area (Å²) in [4.78, 5) is 9.26. The summed E-state index contributed by atoms with van der Waals surface area (Å²) in [6.45, 7) is 0. The molecule has 0 radical (unpaired) electrons. The molecular formula is C14H17BrClN3O. The van der Waals surface area contributed by atoms with Gasteiger partial charge in [0.1, 0.15) is 11.3 Å². The molecule has 4 nitrogen and oxygen atoms in total. The van der Waals surface area contributed by atoms with Gasteiger partial charge in [0.05, 0.1) is 12.1 Å². The van der Waals surface area contributed by atoms with Crippen LogP contribution in [0.5, 0.6) is 0 Å². The molecule has 108 valence electrons. The zero-order valence-corrected chi connectivity index (χ0v) is 13.7. The molecule has 1 saturated carbocycles. The first-order valence-electron chi connectivity index (χ1n) is 6.85. The van der Waals surface area contributed by atoms with E-state index in [1.54, 1.807) is 7.11 Å². The molecule has 2 aromatic rings. The van der Waals surface area contributed by atoms with Gasteiger partial charge in [0.2, 0.25) is 0 Å². The Morgan fingerprint density at radius 1 is 1.50 bits per heavy atom. The first-order valence-corrected chi connectivity index (χ1v) is 8.18. The fourth-order valence-electron chi connectivity index (χ4n) is 3.09. The van der Waals surface area contributed by atoms with Crippen LogP contribution in [0.4, 0.5) is 0 Å². The molecule has 0 amide bonds. The van der Waals surface area contributed by atoms with Gasteiger partial charge in [0.15, 0.2) is 5.65 Å². The van der Waals surface area contributed by atoms with Crippen LogP contribution in [0.1, 0.15) is 31.1 Å². The number of nitrogens with zero attached hydrogens (tertiary/aromatic N) is 3. The lowest BCUT2D eigenvalue weighted by molar-refractivity contribution is 0.0751. The lowest BCUT2D eigenvalue weighted by Gasteiger charge is -2.22. The number of alkyl halides is 1. The highest BCUT2D eigenvalue weighted by Crippen LogP contribution is 2.35. The minimum atomic E-state index is 0.243. The standard InChI is InChI=1S/C14H17BrClN3O/c1-20-12-4-2-3-11(12)19-13(5-6-16)18-10-7-9(15)8-17-14(10)19/h7-8,11-12H,2-6H2,1H3. The Morgan fingerprint density at radius 3 is 3.10 bits per heavy atom. The molecule has 1 aliphatic rings. The number of ether oxygens (including phenoxy) is 1. The quantitative estimate of drug-likeness (QED) is 0.782. The average Bonchev–Trinajstić information content (AvgIpc) is 3.01. The normalized spacial score (nSPS) is 22.8. The van der Waals surface area contributed by atoms with Gasteiger partial charge in [0, 0.05) is 30.1 Å². The van der Waals surface area contributed by atoms with Gasteiger partial charge < -0.3 is 9.30 Å². The molecular weight excluding hydrogens is 342 g/mol. The van der Waals surface area contributed by atoms with E-state index in [1.807, 2.05) is 12.3 Å². The lowest BCUT2D eigenvalue weighted by Crippen LogP contribution is -2.22. The summed E-state index contributed by atoms with van der Waals surface area (Å²) < 4.78 is 8.82. The van der Waals surface area contributed by atoms with E-state index in [9.17, 15) is 0 Å². The van der Waals surface area contributed by atoms with E-state index in [-0.39, 0.29) is 6.10 Å². The Bertz CT molecular complexity index is 616. The predicted octanol–water partition coefficient (Wildman–Crippen LogP) is 3.72. The number of rotatable bonds is 4. The van der Waals surface area contributed by atoms with Crippen molar-refractivity contribution in [1.82, 2.24) is 14.5 Å². The molecule has 0 N–H and O–H groups in total. The topological polar surface area (TPSA) is 39.9 Å². The lowest BCUT2D eigenvalue weighted by atomic mass is 10.2. The van der Waals surface area contributed by atoms with E-state index in [2.05, 4.69) is 25.5 Å². The smallest absolute Gasteiger partial charge is 0.160 e. The summed E-state index contributed by atoms with van der Waals surface area (Å²) in [7, 11) is 1.79. The number of pyridine rings is 1. The van der Waals surface area contributed by atoms with Crippen molar-refractivity contribution in [3.63, 3.8) is 0 Å². The number of fused-ring (bicyclic) bond motifs is 1. The molecule has 1 fully saturated rings. The fraction of sp³-hybridized carbons (Fsp3) is 0.571. The zero-order valence-electron chi connectivity index (χ0n) is 11.4. The summed E-state index contributed by atoms with van der Waals surface area (Å²) in [5.41, 5.74) is 1.85. The van der Waals surface area contributed by atoms with Crippen molar-refractivity contribution in [1.29, 1.82) is 0 Å². The van der Waals surface area contributed by atoms with Crippen LogP contribution in [0.15, 0.2) is 16.7 Å². The SMILES string of the molecule is COC1CCCC1n1c(CCCl)nc2cc(Br)cnc21. The highest BCUT2D eigenvalue weighted by Gasteiger charge is 2.31. The second-order valence-corrected chi connectivity index (χ2v) is 6.40. The van der Waals surface area contributed by atoms with Crippen LogP contribution in [0.2, 0.25) is 0 Å². The van der Waals surface area contributed by atoms with Gasteiger partial charge in [-0.15, -0.1) is 11.6 Å². The molecule has 2 unspecified atom stereocenters. The summed E-state index contributed by atoms with van der Waals surface area (Å²) in [6.07, 6.45) is 6.20. The van der Waals surface area contributed by atoms with Gasteiger partial charge in [-0.05, 0) is 41.3 Å². The summed E-state index contributed by atoms with van der Waals surface area (Å²) in [5.74, 6) is 1.57. The molecule has 3 rings (SSSR count). The largest absolute Gasteiger partial charge is 0.379 e. The molecule has 0 bridgehead atoms. The molecule has 20 heavy (non-hydrogen) atoms. The van der Waals surface area contributed by atoms with Crippen LogP contribution in [-0.2, 0) is 11.2 Å². The molecule has 0 spiro atoms. The van der Waals surface area contributed by atoms with E-state index < -0.39 is 0 Å². The predicted molar refractivity (Wildman–Crippen MR) is 83.3 cm³/mol. The minimum absolute atomic E-state index is 0.243. The molecule has 2 atom stereocenters. The van der Waals surface area contributed by atoms with Crippen molar-refractivity contribution in [2.45, 2.75) is 37.8 Å². The number of halogens is 2. The third-order valence-electron chi connectivity index (χ3n) is 3.94. The first-order chi connectivity index (χ1) is 9.74. The van der Waals surface area contributed by atoms with Crippen LogP contribution < -0.4 is 0 Å². The summed E-state index contributed by atoms with van der Waals surface area (Å²) in [5, 5.41) is 0. The van der Waals surface area contributed by atoms with Crippen LogP contribution in [0, 0.1) is 0 Å². The maximum absolute atomic E-state index is 5.93. The average molecular weight is 359 g/mol. The highest BCUT2D eigenvalue weighted by atomic mass is 79.9. The van der Waals surface area contributed by atoms with Crippen molar-refractivity contribution in [3.8, 4) is 0 Å². The number of hydrogen-bond donors (Lipinski definition) is 0. The van der Waals surface area contributed by atoms with E-state index in [1.165, 1.54) is 6.42 Å². The van der Waals surface area contributed by atoms with Crippen molar-refractivity contribution in [2.75, 3.05) is 13.0 Å². The Labute approximate surface area is 131 Å². The van der Waals surface area contributed by atoms with Gasteiger partial charge in [0.25, 0.3) is 0 Å². The van der Waals surface area contributed by atoms with Gasteiger partial charge >= 0.3 is 0 Å².